The third-order valence-corrected chi connectivity index (χ3v) is 6.58. The summed E-state index contributed by atoms with van der Waals surface area (Å²) < 4.78 is 16.8. The first-order valence-corrected chi connectivity index (χ1v) is 11.4. The van der Waals surface area contributed by atoms with Crippen LogP contribution in [0.25, 0.3) is 16.7 Å². The van der Waals surface area contributed by atoms with Crippen LogP contribution in [0.1, 0.15) is 43.0 Å². The first kappa shape index (κ1) is 21.9. The zero-order valence-corrected chi connectivity index (χ0v) is 19.0. The molecule has 1 amide bonds. The molecule has 2 atom stereocenters. The van der Waals surface area contributed by atoms with Crippen LogP contribution in [0.15, 0.2) is 90.2 Å². The quantitative estimate of drug-likeness (QED) is 0.397. The number of amides is 1. The van der Waals surface area contributed by atoms with E-state index in [2.05, 4.69) is 6.58 Å². The molecule has 1 fully saturated rings. The fraction of sp³-hybridized carbons (Fsp3) is 0.214. The number of imidazole rings is 1. The standard InChI is InChI=1S/C28H26FN3O2/c1-19(2)31-24-10-6-7-11-25(24)32(28(31)34)26-17-16-23(21-12-14-22(29)15-13-21)30(27(26)33)18-20-8-4-3-5-9-20/h3-15,23,26H,1,16-18H2,2H3/t23-,26-/m1/s1. The number of nitrogens with zero attached hydrogens (tertiary/aromatic N) is 3. The van der Waals surface area contributed by atoms with Gasteiger partial charge >= 0.3 is 5.69 Å². The summed E-state index contributed by atoms with van der Waals surface area (Å²) in [5.74, 6) is -0.423. The maximum atomic E-state index is 14.0. The number of fused-ring (bicyclic) bond motifs is 1. The van der Waals surface area contributed by atoms with Gasteiger partial charge in [0.05, 0.1) is 17.1 Å². The van der Waals surface area contributed by atoms with Gasteiger partial charge in [-0.15, -0.1) is 0 Å². The van der Waals surface area contributed by atoms with Crippen molar-refractivity contribution in [2.24, 2.45) is 0 Å². The van der Waals surface area contributed by atoms with E-state index < -0.39 is 6.04 Å². The lowest BCUT2D eigenvalue weighted by molar-refractivity contribution is -0.142. The molecule has 0 N–H and O–H groups in total. The van der Waals surface area contributed by atoms with Crippen molar-refractivity contribution in [2.45, 2.75) is 38.4 Å². The molecular formula is C28H26FN3O2. The average Bonchev–Trinajstić information content (AvgIpc) is 3.13. The maximum absolute atomic E-state index is 14.0. The molecule has 5 rings (SSSR count). The Morgan fingerprint density at radius 1 is 0.882 bits per heavy atom. The molecule has 0 aliphatic carbocycles. The molecule has 1 saturated heterocycles. The highest BCUT2D eigenvalue weighted by atomic mass is 19.1. The molecule has 0 spiro atoms. The summed E-state index contributed by atoms with van der Waals surface area (Å²) in [6, 6.07) is 22.8. The summed E-state index contributed by atoms with van der Waals surface area (Å²) in [5.41, 5.74) is 3.69. The van der Waals surface area contributed by atoms with Crippen molar-refractivity contribution in [1.29, 1.82) is 0 Å². The van der Waals surface area contributed by atoms with Gasteiger partial charge in [0.15, 0.2) is 0 Å². The van der Waals surface area contributed by atoms with Crippen LogP contribution < -0.4 is 5.69 Å². The van der Waals surface area contributed by atoms with Crippen molar-refractivity contribution in [3.05, 3.63) is 113 Å². The Morgan fingerprint density at radius 3 is 2.18 bits per heavy atom. The molecule has 4 aromatic rings. The van der Waals surface area contributed by atoms with Crippen molar-refractivity contribution in [2.75, 3.05) is 0 Å². The Balaban J connectivity index is 1.60. The molecule has 172 valence electrons. The monoisotopic (exact) mass is 455 g/mol. The van der Waals surface area contributed by atoms with Gasteiger partial charge in [-0.2, -0.15) is 0 Å². The Bertz CT molecular complexity index is 1420. The highest BCUT2D eigenvalue weighted by Crippen LogP contribution is 2.38. The highest BCUT2D eigenvalue weighted by Gasteiger charge is 2.39. The molecule has 0 bridgehead atoms. The van der Waals surface area contributed by atoms with E-state index in [9.17, 15) is 14.0 Å². The maximum Gasteiger partial charge on any atom is 0.334 e. The minimum absolute atomic E-state index is 0.115. The van der Waals surface area contributed by atoms with Crippen molar-refractivity contribution in [3.63, 3.8) is 0 Å². The van der Waals surface area contributed by atoms with Gasteiger partial charge in [0.2, 0.25) is 5.91 Å². The third-order valence-electron chi connectivity index (χ3n) is 6.58. The summed E-state index contributed by atoms with van der Waals surface area (Å²) in [6.07, 6.45) is 1.17. The Kier molecular flexibility index (Phi) is 5.65. The van der Waals surface area contributed by atoms with Crippen molar-refractivity contribution in [1.82, 2.24) is 14.0 Å². The lowest BCUT2D eigenvalue weighted by Gasteiger charge is -2.40. The van der Waals surface area contributed by atoms with Crippen LogP contribution in [-0.2, 0) is 11.3 Å². The smallest absolute Gasteiger partial charge is 0.330 e. The van der Waals surface area contributed by atoms with Crippen LogP contribution in [-0.4, -0.2) is 19.9 Å². The van der Waals surface area contributed by atoms with Crippen molar-refractivity contribution in [3.8, 4) is 0 Å². The fourth-order valence-corrected chi connectivity index (χ4v) is 5.02. The molecule has 6 heteroatoms. The Labute approximate surface area is 197 Å². The van der Waals surface area contributed by atoms with Gasteiger partial charge in [-0.3, -0.25) is 13.9 Å². The second-order valence-electron chi connectivity index (χ2n) is 8.82. The van der Waals surface area contributed by atoms with Gasteiger partial charge in [0, 0.05) is 12.2 Å². The van der Waals surface area contributed by atoms with E-state index >= 15 is 0 Å². The van der Waals surface area contributed by atoms with Gasteiger partial charge in [0.1, 0.15) is 11.9 Å². The molecule has 3 aromatic carbocycles. The lowest BCUT2D eigenvalue weighted by atomic mass is 9.91. The zero-order chi connectivity index (χ0) is 23.8. The minimum Gasteiger partial charge on any atom is -0.330 e. The summed E-state index contributed by atoms with van der Waals surface area (Å²) >= 11 is 0. The first-order chi connectivity index (χ1) is 16.5. The van der Waals surface area contributed by atoms with Crippen molar-refractivity contribution < 1.29 is 9.18 Å². The molecule has 5 nitrogen and oxygen atoms in total. The van der Waals surface area contributed by atoms with E-state index in [-0.39, 0.29) is 23.5 Å². The lowest BCUT2D eigenvalue weighted by Crippen LogP contribution is -2.45. The number of halogens is 1. The van der Waals surface area contributed by atoms with Crippen LogP contribution in [0.5, 0.6) is 0 Å². The minimum atomic E-state index is -0.626. The molecular weight excluding hydrogens is 429 g/mol. The van der Waals surface area contributed by atoms with Crippen LogP contribution in [0.2, 0.25) is 0 Å². The van der Waals surface area contributed by atoms with Gasteiger partial charge in [-0.1, -0.05) is 61.2 Å². The SMILES string of the molecule is C=C(C)n1c(=O)n([C@@H]2CC[C@H](c3ccc(F)cc3)N(Cc3ccccc3)C2=O)c2ccccc21. The number of para-hydroxylation sites is 2. The topological polar surface area (TPSA) is 47.2 Å². The number of hydrogen-bond donors (Lipinski definition) is 0. The predicted octanol–water partition coefficient (Wildman–Crippen LogP) is 5.54. The number of carbonyl (C=O) groups is 1. The molecule has 1 aliphatic rings. The van der Waals surface area contributed by atoms with Gasteiger partial charge in [0.25, 0.3) is 0 Å². The summed E-state index contributed by atoms with van der Waals surface area (Å²) in [5, 5.41) is 0. The number of likely N-dealkylation sites (tertiary alicyclic amines) is 1. The third kappa shape index (κ3) is 3.75. The number of aromatic nitrogens is 2. The van der Waals surface area contributed by atoms with Crippen LogP contribution in [0, 0.1) is 5.82 Å². The molecule has 1 aliphatic heterocycles. The molecule has 2 heterocycles. The normalized spacial score (nSPS) is 18.4. The van der Waals surface area contributed by atoms with E-state index in [0.29, 0.717) is 30.6 Å². The second-order valence-corrected chi connectivity index (χ2v) is 8.82. The number of carbonyl (C=O) groups excluding carboxylic acids is 1. The second kappa shape index (κ2) is 8.78. The van der Waals surface area contributed by atoms with E-state index in [1.807, 2.05) is 59.5 Å². The fourth-order valence-electron chi connectivity index (χ4n) is 5.02. The van der Waals surface area contributed by atoms with E-state index in [1.54, 1.807) is 28.2 Å². The number of allylic oxidation sites excluding steroid dienone is 1. The Morgan fingerprint density at radius 2 is 1.50 bits per heavy atom. The van der Waals surface area contributed by atoms with Gasteiger partial charge < -0.3 is 4.90 Å². The average molecular weight is 456 g/mol. The van der Waals surface area contributed by atoms with E-state index in [0.717, 1.165) is 16.6 Å². The number of piperidine rings is 1. The zero-order valence-electron chi connectivity index (χ0n) is 19.0. The van der Waals surface area contributed by atoms with Crippen LogP contribution in [0.3, 0.4) is 0 Å². The summed E-state index contributed by atoms with van der Waals surface area (Å²) in [6.45, 7) is 6.16. The summed E-state index contributed by atoms with van der Waals surface area (Å²) in [7, 11) is 0. The predicted molar refractivity (Wildman–Crippen MR) is 132 cm³/mol. The Hall–Kier alpha value is -3.93. The molecule has 0 saturated carbocycles. The first-order valence-electron chi connectivity index (χ1n) is 11.4. The largest absolute Gasteiger partial charge is 0.334 e. The number of rotatable bonds is 5. The number of hydrogen-bond acceptors (Lipinski definition) is 2. The molecule has 0 radical (unpaired) electrons. The molecule has 1 aromatic heterocycles. The van der Waals surface area contributed by atoms with E-state index in [1.165, 1.54) is 12.1 Å². The number of benzene rings is 3. The van der Waals surface area contributed by atoms with Crippen LogP contribution in [0.4, 0.5) is 4.39 Å². The highest BCUT2D eigenvalue weighted by molar-refractivity contribution is 5.86. The molecule has 0 unspecified atom stereocenters. The van der Waals surface area contributed by atoms with Crippen LogP contribution >= 0.6 is 0 Å². The van der Waals surface area contributed by atoms with Gasteiger partial charge in [-0.25, -0.2) is 9.18 Å². The molecule has 34 heavy (non-hydrogen) atoms. The van der Waals surface area contributed by atoms with E-state index in [4.69, 9.17) is 0 Å². The summed E-state index contributed by atoms with van der Waals surface area (Å²) in [4.78, 5) is 29.3. The van der Waals surface area contributed by atoms with Gasteiger partial charge in [-0.05, 0) is 55.2 Å². The van der Waals surface area contributed by atoms with Crippen molar-refractivity contribution >= 4 is 22.6 Å².